The molecule has 0 heterocycles. The Morgan fingerprint density at radius 3 is 2.14 bits per heavy atom. The van der Waals surface area contributed by atoms with E-state index in [4.69, 9.17) is 0 Å². The lowest BCUT2D eigenvalue weighted by atomic mass is 9.67. The Hall–Kier alpha value is -1.44. The lowest BCUT2D eigenvalue weighted by molar-refractivity contribution is 0.179. The molecular formula is C26H44N2. The predicted molar refractivity (Wildman–Crippen MR) is 127 cm³/mol. The van der Waals surface area contributed by atoms with E-state index in [1.807, 2.05) is 13.1 Å². The fourth-order valence-corrected chi connectivity index (χ4v) is 4.61. The van der Waals surface area contributed by atoms with Crippen LogP contribution in [-0.2, 0) is 0 Å². The van der Waals surface area contributed by atoms with Crippen LogP contribution in [0.1, 0.15) is 88.5 Å². The van der Waals surface area contributed by atoms with Crippen molar-refractivity contribution in [3.8, 4) is 0 Å². The van der Waals surface area contributed by atoms with Crippen LogP contribution in [0.25, 0.3) is 0 Å². The van der Waals surface area contributed by atoms with Crippen molar-refractivity contribution >= 4 is 12.9 Å². The highest BCUT2D eigenvalue weighted by molar-refractivity contribution is 5.56. The van der Waals surface area contributed by atoms with Gasteiger partial charge in [-0.2, -0.15) is 0 Å². The lowest BCUT2D eigenvalue weighted by Gasteiger charge is -2.37. The average Bonchev–Trinajstić information content (AvgIpc) is 2.76. The molecule has 0 aromatic rings. The second-order valence-electron chi connectivity index (χ2n) is 10.7. The van der Waals surface area contributed by atoms with Crippen molar-refractivity contribution in [2.24, 2.45) is 38.1 Å². The molecule has 0 aliphatic heterocycles. The summed E-state index contributed by atoms with van der Waals surface area (Å²) in [5, 5.41) is 0. The Balaban J connectivity index is 3.26. The van der Waals surface area contributed by atoms with E-state index in [9.17, 15) is 0 Å². The van der Waals surface area contributed by atoms with E-state index in [1.165, 1.54) is 11.1 Å². The summed E-state index contributed by atoms with van der Waals surface area (Å²) in [6, 6.07) is 0. The van der Waals surface area contributed by atoms with Crippen LogP contribution in [0.4, 0.5) is 0 Å². The van der Waals surface area contributed by atoms with Crippen molar-refractivity contribution < 1.29 is 0 Å². The van der Waals surface area contributed by atoms with E-state index < -0.39 is 0 Å². The molecule has 2 nitrogen and oxygen atoms in total. The number of rotatable bonds is 8. The highest BCUT2D eigenvalue weighted by Gasteiger charge is 2.46. The Bertz CT molecular complexity index is 678. The van der Waals surface area contributed by atoms with E-state index >= 15 is 0 Å². The summed E-state index contributed by atoms with van der Waals surface area (Å²) in [7, 11) is 0. The van der Waals surface area contributed by atoms with Crippen molar-refractivity contribution in [1.82, 2.24) is 0 Å². The summed E-state index contributed by atoms with van der Waals surface area (Å²) >= 11 is 0. The first-order chi connectivity index (χ1) is 12.8. The highest BCUT2D eigenvalue weighted by atomic mass is 14.9. The Morgan fingerprint density at radius 2 is 1.71 bits per heavy atom. The predicted octanol–water partition coefficient (Wildman–Crippen LogP) is 8.03. The fraction of sp³-hybridized carbons (Fsp3) is 0.692. The van der Waals surface area contributed by atoms with Gasteiger partial charge in [0.1, 0.15) is 0 Å². The zero-order valence-electron chi connectivity index (χ0n) is 20.2. The second-order valence-corrected chi connectivity index (χ2v) is 10.7. The van der Waals surface area contributed by atoms with Gasteiger partial charge in [0, 0.05) is 18.1 Å². The third-order valence-electron chi connectivity index (χ3n) is 7.26. The molecule has 0 bridgehead atoms. The van der Waals surface area contributed by atoms with Gasteiger partial charge in [-0.3, -0.25) is 9.98 Å². The van der Waals surface area contributed by atoms with E-state index in [-0.39, 0.29) is 16.2 Å². The molecule has 28 heavy (non-hydrogen) atoms. The van der Waals surface area contributed by atoms with Gasteiger partial charge in [0.05, 0.1) is 11.4 Å². The lowest BCUT2D eigenvalue weighted by Crippen LogP contribution is -2.28. The van der Waals surface area contributed by atoms with E-state index in [2.05, 4.69) is 91.7 Å². The van der Waals surface area contributed by atoms with Gasteiger partial charge in [-0.05, 0) is 56.1 Å². The van der Waals surface area contributed by atoms with Crippen molar-refractivity contribution in [3.63, 3.8) is 0 Å². The van der Waals surface area contributed by atoms with Crippen molar-refractivity contribution in [2.45, 2.75) is 88.5 Å². The molecule has 2 heteroatoms. The fourth-order valence-electron chi connectivity index (χ4n) is 4.61. The first kappa shape index (κ1) is 24.6. The normalized spacial score (nSPS) is 23.9. The molecule has 0 unspecified atom stereocenters. The molecule has 1 aliphatic carbocycles. The Kier molecular flexibility index (Phi) is 7.84. The van der Waals surface area contributed by atoms with E-state index in [1.54, 1.807) is 0 Å². The van der Waals surface area contributed by atoms with Gasteiger partial charge in [0.25, 0.3) is 0 Å². The number of nitrogens with zero attached hydrogens (tertiary/aromatic N) is 2. The maximum absolute atomic E-state index is 4.67. The SMILES string of the molecule is C=CC/C(=C(\C)C(C)(C)C)C(C)(C)CC[C@H]1C(N=C)=C(N=CC)[C@@H](C)C1(C)C. The average molecular weight is 385 g/mol. The van der Waals surface area contributed by atoms with Gasteiger partial charge in [-0.1, -0.05) is 72.6 Å². The summed E-state index contributed by atoms with van der Waals surface area (Å²) in [6.07, 6.45) is 7.11. The molecule has 2 atom stereocenters. The third kappa shape index (κ3) is 4.93. The van der Waals surface area contributed by atoms with Crippen LogP contribution in [0.15, 0.2) is 45.2 Å². The van der Waals surface area contributed by atoms with Gasteiger partial charge in [0.2, 0.25) is 0 Å². The van der Waals surface area contributed by atoms with E-state index in [0.29, 0.717) is 11.8 Å². The molecule has 0 spiro atoms. The number of allylic oxidation sites excluding steroid dienone is 5. The quantitative estimate of drug-likeness (QED) is 0.299. The molecule has 0 aromatic carbocycles. The molecule has 0 amide bonds. The standard InChI is InChI=1S/C26H44N2/c1-13-15-20(18(3)24(5,6)7)25(8,9)17-16-21-23(27-12)22(28-14-2)19(4)26(21,10)11/h13-14,19,21H,1,12,15-17H2,2-11H3/b20-18-,28-14?/t19-,21+/m1/s1. The van der Waals surface area contributed by atoms with Crippen LogP contribution >= 0.6 is 0 Å². The van der Waals surface area contributed by atoms with Crippen LogP contribution in [-0.4, -0.2) is 12.9 Å². The summed E-state index contributed by atoms with van der Waals surface area (Å²) in [6.45, 7) is 30.9. The summed E-state index contributed by atoms with van der Waals surface area (Å²) < 4.78 is 0. The van der Waals surface area contributed by atoms with Gasteiger partial charge in [0.15, 0.2) is 0 Å². The molecule has 0 saturated carbocycles. The third-order valence-corrected chi connectivity index (χ3v) is 7.26. The van der Waals surface area contributed by atoms with Crippen LogP contribution in [0, 0.1) is 28.1 Å². The molecule has 0 radical (unpaired) electrons. The minimum Gasteiger partial charge on any atom is -0.267 e. The molecule has 0 fully saturated rings. The summed E-state index contributed by atoms with van der Waals surface area (Å²) in [4.78, 5) is 9.13. The first-order valence-electron chi connectivity index (χ1n) is 10.8. The monoisotopic (exact) mass is 384 g/mol. The summed E-state index contributed by atoms with van der Waals surface area (Å²) in [5.41, 5.74) is 5.68. The van der Waals surface area contributed by atoms with Crippen molar-refractivity contribution in [3.05, 3.63) is 35.2 Å². The topological polar surface area (TPSA) is 24.7 Å². The largest absolute Gasteiger partial charge is 0.267 e. The number of hydrogen-bond donors (Lipinski definition) is 0. The minimum atomic E-state index is 0.119. The van der Waals surface area contributed by atoms with Crippen LogP contribution in [0.3, 0.4) is 0 Å². The zero-order valence-corrected chi connectivity index (χ0v) is 20.2. The highest BCUT2D eigenvalue weighted by Crippen LogP contribution is 2.54. The molecular weight excluding hydrogens is 340 g/mol. The van der Waals surface area contributed by atoms with Crippen molar-refractivity contribution in [1.29, 1.82) is 0 Å². The maximum Gasteiger partial charge on any atom is 0.0650 e. The van der Waals surface area contributed by atoms with E-state index in [0.717, 1.165) is 30.7 Å². The first-order valence-corrected chi connectivity index (χ1v) is 10.8. The molecule has 1 aliphatic rings. The molecule has 1 rings (SSSR count). The zero-order chi connectivity index (χ0) is 21.9. The second kappa shape index (κ2) is 8.93. The van der Waals surface area contributed by atoms with Crippen molar-refractivity contribution in [2.75, 3.05) is 0 Å². The molecule has 158 valence electrons. The molecule has 0 aromatic heterocycles. The number of hydrogen-bond acceptors (Lipinski definition) is 2. The van der Waals surface area contributed by atoms with Crippen LogP contribution < -0.4 is 0 Å². The van der Waals surface area contributed by atoms with Crippen LogP contribution in [0.5, 0.6) is 0 Å². The number of aliphatic imine (C=N–C) groups is 2. The van der Waals surface area contributed by atoms with Gasteiger partial charge < -0.3 is 0 Å². The minimum absolute atomic E-state index is 0.119. The molecule has 0 saturated heterocycles. The Labute approximate surface area is 175 Å². The molecule has 0 N–H and O–H groups in total. The Morgan fingerprint density at radius 1 is 1.14 bits per heavy atom. The summed E-state index contributed by atoms with van der Waals surface area (Å²) in [5.74, 6) is 0.773. The maximum atomic E-state index is 4.67. The van der Waals surface area contributed by atoms with Crippen LogP contribution in [0.2, 0.25) is 0 Å². The van der Waals surface area contributed by atoms with Gasteiger partial charge in [-0.25, -0.2) is 0 Å². The smallest absolute Gasteiger partial charge is 0.0650 e. The van der Waals surface area contributed by atoms with Gasteiger partial charge in [-0.15, -0.1) is 6.58 Å². The van der Waals surface area contributed by atoms with Gasteiger partial charge >= 0.3 is 0 Å².